The highest BCUT2D eigenvalue weighted by Gasteiger charge is 2.11. The Kier molecular flexibility index (Phi) is 3.95. The number of rotatable bonds is 3. The molecular weight excluding hydrogens is 279 g/mol. The number of amidine groups is 1. The first kappa shape index (κ1) is 14.3. The van der Waals surface area contributed by atoms with Crippen LogP contribution in [0, 0.1) is 25.1 Å². The molecule has 104 valence electrons. The lowest BCUT2D eigenvalue weighted by atomic mass is 10.1. The molecule has 3 nitrogen and oxygen atoms in total. The van der Waals surface area contributed by atoms with Crippen molar-refractivity contribution in [1.82, 2.24) is 0 Å². The normalized spacial score (nSPS) is 10.4. The van der Waals surface area contributed by atoms with Gasteiger partial charge in [-0.25, -0.2) is 4.39 Å². The van der Waals surface area contributed by atoms with Crippen LogP contribution in [0.25, 0.3) is 0 Å². The van der Waals surface area contributed by atoms with Gasteiger partial charge in [0.25, 0.3) is 0 Å². The zero-order valence-corrected chi connectivity index (χ0v) is 11.9. The number of nitrogens with one attached hydrogen (secondary N) is 1. The number of nitrogen functional groups attached to an aromatic ring is 1. The number of hydrogen-bond acceptors (Lipinski definition) is 2. The van der Waals surface area contributed by atoms with Crippen LogP contribution in [0.1, 0.15) is 16.7 Å². The van der Waals surface area contributed by atoms with E-state index in [1.807, 2.05) is 13.8 Å². The summed E-state index contributed by atoms with van der Waals surface area (Å²) in [6, 6.07) is 7.45. The van der Waals surface area contributed by atoms with Gasteiger partial charge < -0.3 is 10.5 Å². The second-order valence-corrected chi connectivity index (χ2v) is 4.91. The van der Waals surface area contributed by atoms with Crippen molar-refractivity contribution < 1.29 is 9.13 Å². The Balaban J connectivity index is 2.42. The third-order valence-corrected chi connectivity index (χ3v) is 3.47. The van der Waals surface area contributed by atoms with Crippen molar-refractivity contribution >= 4 is 17.4 Å². The van der Waals surface area contributed by atoms with Crippen LogP contribution < -0.4 is 10.5 Å². The van der Waals surface area contributed by atoms with Gasteiger partial charge in [-0.1, -0.05) is 11.6 Å². The second-order valence-electron chi connectivity index (χ2n) is 4.53. The summed E-state index contributed by atoms with van der Waals surface area (Å²) >= 11 is 6.10. The van der Waals surface area contributed by atoms with Crippen LogP contribution in [0.3, 0.4) is 0 Å². The lowest BCUT2D eigenvalue weighted by Gasteiger charge is -2.12. The first-order valence-corrected chi connectivity index (χ1v) is 6.35. The van der Waals surface area contributed by atoms with Crippen LogP contribution in [0.5, 0.6) is 11.5 Å². The Morgan fingerprint density at radius 3 is 2.35 bits per heavy atom. The average molecular weight is 293 g/mol. The monoisotopic (exact) mass is 292 g/mol. The van der Waals surface area contributed by atoms with E-state index < -0.39 is 5.82 Å². The van der Waals surface area contributed by atoms with E-state index in [9.17, 15) is 4.39 Å². The molecule has 0 unspecified atom stereocenters. The minimum Gasteiger partial charge on any atom is -0.457 e. The molecule has 0 aliphatic rings. The van der Waals surface area contributed by atoms with Gasteiger partial charge in [0.2, 0.25) is 0 Å². The Bertz CT molecular complexity index is 663. The maximum Gasteiger partial charge on any atom is 0.138 e. The summed E-state index contributed by atoms with van der Waals surface area (Å²) in [5.41, 5.74) is 7.42. The SMILES string of the molecule is Cc1cc(Oc2ccc(F)cc2C(=N)N)cc(C)c1Cl. The summed E-state index contributed by atoms with van der Waals surface area (Å²) in [6.45, 7) is 3.75. The molecule has 20 heavy (non-hydrogen) atoms. The summed E-state index contributed by atoms with van der Waals surface area (Å²) in [6.07, 6.45) is 0. The molecule has 0 aromatic heterocycles. The van der Waals surface area contributed by atoms with E-state index >= 15 is 0 Å². The Morgan fingerprint density at radius 2 is 1.80 bits per heavy atom. The van der Waals surface area contributed by atoms with Crippen LogP contribution in [0.15, 0.2) is 30.3 Å². The number of hydrogen-bond donors (Lipinski definition) is 2. The molecule has 0 radical (unpaired) electrons. The van der Waals surface area contributed by atoms with Crippen molar-refractivity contribution in [3.63, 3.8) is 0 Å². The summed E-state index contributed by atoms with van der Waals surface area (Å²) in [5, 5.41) is 8.15. The predicted molar refractivity (Wildman–Crippen MR) is 78.4 cm³/mol. The van der Waals surface area contributed by atoms with Gasteiger partial charge in [0.15, 0.2) is 0 Å². The number of aryl methyl sites for hydroxylation is 2. The molecule has 0 amide bonds. The zero-order chi connectivity index (χ0) is 14.9. The fraction of sp³-hybridized carbons (Fsp3) is 0.133. The molecule has 2 aromatic rings. The molecule has 0 heterocycles. The molecule has 0 saturated carbocycles. The molecule has 0 fully saturated rings. The second kappa shape index (κ2) is 5.51. The Hall–Kier alpha value is -2.07. The Labute approximate surface area is 121 Å². The van der Waals surface area contributed by atoms with Gasteiger partial charge in [0, 0.05) is 5.02 Å². The maximum atomic E-state index is 13.2. The summed E-state index contributed by atoms with van der Waals surface area (Å²) < 4.78 is 18.9. The average Bonchev–Trinajstić information content (AvgIpc) is 2.37. The first-order valence-electron chi connectivity index (χ1n) is 5.97. The van der Waals surface area contributed by atoms with E-state index in [4.69, 9.17) is 27.5 Å². The highest BCUT2D eigenvalue weighted by Crippen LogP contribution is 2.31. The first-order chi connectivity index (χ1) is 9.38. The molecule has 2 aromatic carbocycles. The number of benzene rings is 2. The molecule has 0 bridgehead atoms. The quantitative estimate of drug-likeness (QED) is 0.659. The van der Waals surface area contributed by atoms with Gasteiger partial charge in [-0.3, -0.25) is 5.41 Å². The van der Waals surface area contributed by atoms with Crippen molar-refractivity contribution in [3.8, 4) is 11.5 Å². The fourth-order valence-corrected chi connectivity index (χ4v) is 2.00. The van der Waals surface area contributed by atoms with E-state index in [2.05, 4.69) is 0 Å². The van der Waals surface area contributed by atoms with Crippen LogP contribution in [0.4, 0.5) is 4.39 Å². The molecule has 0 atom stereocenters. The molecule has 2 rings (SSSR count). The van der Waals surface area contributed by atoms with E-state index in [1.54, 1.807) is 12.1 Å². The molecule has 0 saturated heterocycles. The van der Waals surface area contributed by atoms with E-state index in [0.717, 1.165) is 11.1 Å². The minimum absolute atomic E-state index is 0.218. The van der Waals surface area contributed by atoms with Gasteiger partial charge in [0.1, 0.15) is 23.2 Å². The molecule has 0 spiro atoms. The third-order valence-electron chi connectivity index (χ3n) is 2.87. The van der Waals surface area contributed by atoms with Gasteiger partial charge in [-0.2, -0.15) is 0 Å². The lowest BCUT2D eigenvalue weighted by molar-refractivity contribution is 0.478. The van der Waals surface area contributed by atoms with Crippen molar-refractivity contribution in [1.29, 1.82) is 5.41 Å². The van der Waals surface area contributed by atoms with Crippen LogP contribution in [0.2, 0.25) is 5.02 Å². The van der Waals surface area contributed by atoms with Crippen LogP contribution in [-0.2, 0) is 0 Å². The highest BCUT2D eigenvalue weighted by atomic mass is 35.5. The van der Waals surface area contributed by atoms with Crippen molar-refractivity contribution in [2.45, 2.75) is 13.8 Å². The smallest absolute Gasteiger partial charge is 0.138 e. The van der Waals surface area contributed by atoms with E-state index in [-0.39, 0.29) is 11.4 Å². The lowest BCUT2D eigenvalue weighted by Crippen LogP contribution is -2.12. The predicted octanol–water partition coefficient (Wildman–Crippen LogP) is 4.17. The number of ether oxygens (including phenoxy) is 1. The van der Waals surface area contributed by atoms with Gasteiger partial charge in [0.05, 0.1) is 5.56 Å². The van der Waals surface area contributed by atoms with Gasteiger partial charge in [-0.05, 0) is 55.3 Å². The molecular formula is C15H14ClFN2O. The van der Waals surface area contributed by atoms with Crippen molar-refractivity contribution in [3.05, 3.63) is 57.9 Å². The highest BCUT2D eigenvalue weighted by molar-refractivity contribution is 6.32. The number of halogens is 2. The summed E-state index contributed by atoms with van der Waals surface area (Å²) in [5.74, 6) is 0.187. The molecule has 0 aliphatic heterocycles. The van der Waals surface area contributed by atoms with Crippen molar-refractivity contribution in [2.24, 2.45) is 5.73 Å². The Morgan fingerprint density at radius 1 is 1.20 bits per heavy atom. The minimum atomic E-state index is -0.467. The van der Waals surface area contributed by atoms with Gasteiger partial charge >= 0.3 is 0 Å². The maximum absolute atomic E-state index is 13.2. The number of nitrogens with two attached hydrogens (primary N) is 1. The standard InChI is InChI=1S/C15H14ClFN2O/c1-8-5-11(6-9(2)14(8)16)20-13-4-3-10(17)7-12(13)15(18)19/h3-7H,1-2H3,(H3,18,19). The molecule has 0 aliphatic carbocycles. The van der Waals surface area contributed by atoms with Crippen LogP contribution >= 0.6 is 11.6 Å². The van der Waals surface area contributed by atoms with Crippen molar-refractivity contribution in [2.75, 3.05) is 0 Å². The zero-order valence-electron chi connectivity index (χ0n) is 11.1. The summed E-state index contributed by atoms with van der Waals surface area (Å²) in [7, 11) is 0. The van der Waals surface area contributed by atoms with E-state index in [1.165, 1.54) is 18.2 Å². The van der Waals surface area contributed by atoms with Gasteiger partial charge in [-0.15, -0.1) is 0 Å². The fourth-order valence-electron chi connectivity index (χ4n) is 1.89. The largest absolute Gasteiger partial charge is 0.457 e. The van der Waals surface area contributed by atoms with E-state index in [0.29, 0.717) is 16.5 Å². The third kappa shape index (κ3) is 2.91. The molecule has 5 heteroatoms. The molecule has 3 N–H and O–H groups in total. The topological polar surface area (TPSA) is 59.1 Å². The summed E-state index contributed by atoms with van der Waals surface area (Å²) in [4.78, 5) is 0. The van der Waals surface area contributed by atoms with Crippen LogP contribution in [-0.4, -0.2) is 5.84 Å².